The van der Waals surface area contributed by atoms with Crippen molar-refractivity contribution >= 4 is 29.1 Å². The van der Waals surface area contributed by atoms with E-state index >= 15 is 0 Å². The molecule has 0 aliphatic heterocycles. The number of nitriles is 1. The van der Waals surface area contributed by atoms with Crippen molar-refractivity contribution in [2.24, 2.45) is 11.8 Å². The molecule has 1 N–H and O–H groups in total. The first-order valence-electron chi connectivity index (χ1n) is 3.82. The zero-order valence-electron chi connectivity index (χ0n) is 6.97. The van der Waals surface area contributed by atoms with Crippen LogP contribution in [-0.4, -0.2) is 5.91 Å². The van der Waals surface area contributed by atoms with Crippen molar-refractivity contribution in [3.8, 4) is 6.07 Å². The molecule has 5 heteroatoms. The fourth-order valence-corrected chi connectivity index (χ4v) is 1.20. The molecule has 0 aromatic carbocycles. The number of hydrogen-bond acceptors (Lipinski definition) is 2. The average Bonchev–Trinajstić information content (AvgIpc) is 2.77. The summed E-state index contributed by atoms with van der Waals surface area (Å²) < 4.78 is -0.204. The predicted molar refractivity (Wildman–Crippen MR) is 49.8 cm³/mol. The lowest BCUT2D eigenvalue weighted by molar-refractivity contribution is -0.121. The van der Waals surface area contributed by atoms with Gasteiger partial charge in [-0.3, -0.25) is 4.79 Å². The fraction of sp³-hybridized carbons (Fsp3) is 0.500. The third-order valence-electron chi connectivity index (χ3n) is 2.00. The van der Waals surface area contributed by atoms with E-state index in [1.165, 1.54) is 0 Å². The van der Waals surface area contributed by atoms with Crippen molar-refractivity contribution in [2.45, 2.75) is 13.3 Å². The normalized spacial score (nSPS) is 24.5. The topological polar surface area (TPSA) is 52.9 Å². The molecule has 1 aliphatic rings. The van der Waals surface area contributed by atoms with Gasteiger partial charge in [0.2, 0.25) is 5.91 Å². The molecular formula is C8H8Cl2N2O. The molecule has 3 nitrogen and oxygen atoms in total. The Morgan fingerprint density at radius 1 is 1.62 bits per heavy atom. The molecule has 1 amide bonds. The highest BCUT2D eigenvalue weighted by Gasteiger charge is 2.39. The second-order valence-corrected chi connectivity index (χ2v) is 4.01. The average molecular weight is 219 g/mol. The molecule has 1 saturated carbocycles. The van der Waals surface area contributed by atoms with Crippen LogP contribution in [0.1, 0.15) is 13.3 Å². The summed E-state index contributed by atoms with van der Waals surface area (Å²) in [5.41, 5.74) is -0.0765. The highest BCUT2D eigenvalue weighted by atomic mass is 35.5. The van der Waals surface area contributed by atoms with E-state index in [1.807, 2.05) is 6.92 Å². The summed E-state index contributed by atoms with van der Waals surface area (Å²) in [6.45, 7) is 1.97. The lowest BCUT2D eigenvalue weighted by Gasteiger charge is -2.01. The molecule has 2 unspecified atom stereocenters. The maximum Gasteiger partial charge on any atom is 0.228 e. The second kappa shape index (κ2) is 3.99. The summed E-state index contributed by atoms with van der Waals surface area (Å²) in [5.74, 6) is 0.230. The number of carbonyl (C=O) groups excluding carboxylic acids is 1. The van der Waals surface area contributed by atoms with Gasteiger partial charge in [-0.2, -0.15) is 5.26 Å². The number of nitrogens with one attached hydrogen (secondary N) is 1. The van der Waals surface area contributed by atoms with Gasteiger partial charge < -0.3 is 5.32 Å². The summed E-state index contributed by atoms with van der Waals surface area (Å²) in [5, 5.41) is 10.9. The molecule has 1 fully saturated rings. The van der Waals surface area contributed by atoms with Crippen molar-refractivity contribution in [2.75, 3.05) is 0 Å². The summed E-state index contributed by atoms with van der Waals surface area (Å²) in [6.07, 6.45) is 0.866. The lowest BCUT2D eigenvalue weighted by atomic mass is 10.3. The Morgan fingerprint density at radius 3 is 2.46 bits per heavy atom. The van der Waals surface area contributed by atoms with E-state index < -0.39 is 0 Å². The van der Waals surface area contributed by atoms with Crippen LogP contribution >= 0.6 is 23.2 Å². The number of carbonyl (C=O) groups is 1. The van der Waals surface area contributed by atoms with E-state index in [0.717, 1.165) is 6.42 Å². The van der Waals surface area contributed by atoms with E-state index in [4.69, 9.17) is 28.5 Å². The van der Waals surface area contributed by atoms with E-state index in [-0.39, 0.29) is 22.0 Å². The third kappa shape index (κ3) is 2.61. The zero-order chi connectivity index (χ0) is 10.0. The van der Waals surface area contributed by atoms with Gasteiger partial charge in [-0.25, -0.2) is 0 Å². The minimum Gasteiger partial charge on any atom is -0.315 e. The van der Waals surface area contributed by atoms with Crippen molar-refractivity contribution in [3.63, 3.8) is 0 Å². The monoisotopic (exact) mass is 218 g/mol. The molecule has 0 aromatic heterocycles. The maximum atomic E-state index is 11.3. The first kappa shape index (κ1) is 10.4. The van der Waals surface area contributed by atoms with Gasteiger partial charge in [0.05, 0.1) is 0 Å². The van der Waals surface area contributed by atoms with Gasteiger partial charge in [-0.1, -0.05) is 30.1 Å². The number of nitrogens with zero attached hydrogens (tertiary/aromatic N) is 1. The number of halogens is 2. The third-order valence-corrected chi connectivity index (χ3v) is 2.37. The van der Waals surface area contributed by atoms with Crippen LogP contribution in [0.2, 0.25) is 0 Å². The quantitative estimate of drug-likeness (QED) is 0.721. The molecule has 0 spiro atoms. The first-order chi connectivity index (χ1) is 6.06. The summed E-state index contributed by atoms with van der Waals surface area (Å²) >= 11 is 10.7. The molecule has 0 bridgehead atoms. The van der Waals surface area contributed by atoms with Crippen LogP contribution < -0.4 is 5.32 Å². The molecule has 13 heavy (non-hydrogen) atoms. The molecule has 0 radical (unpaired) electrons. The highest BCUT2D eigenvalue weighted by molar-refractivity contribution is 6.56. The van der Waals surface area contributed by atoms with Gasteiger partial charge in [0, 0.05) is 5.92 Å². The molecule has 0 aromatic rings. The van der Waals surface area contributed by atoms with Crippen LogP contribution in [0, 0.1) is 23.2 Å². The zero-order valence-corrected chi connectivity index (χ0v) is 8.49. The van der Waals surface area contributed by atoms with Crippen molar-refractivity contribution in [1.29, 1.82) is 5.26 Å². The smallest absolute Gasteiger partial charge is 0.228 e. The van der Waals surface area contributed by atoms with Gasteiger partial charge in [0.25, 0.3) is 0 Å². The molecule has 70 valence electrons. The minimum absolute atomic E-state index is 0.0102. The van der Waals surface area contributed by atoms with Gasteiger partial charge in [0.15, 0.2) is 5.70 Å². The first-order valence-corrected chi connectivity index (χ1v) is 4.58. The lowest BCUT2D eigenvalue weighted by Crippen LogP contribution is -2.24. The Hall–Kier alpha value is -0.720. The second-order valence-electron chi connectivity index (χ2n) is 3.06. The maximum absolute atomic E-state index is 11.3. The van der Waals surface area contributed by atoms with Crippen LogP contribution in [-0.2, 0) is 4.79 Å². The Bertz CT molecular complexity index is 302. The van der Waals surface area contributed by atoms with Gasteiger partial charge in [0.1, 0.15) is 10.6 Å². The van der Waals surface area contributed by atoms with Crippen LogP contribution in [0.3, 0.4) is 0 Å². The van der Waals surface area contributed by atoms with E-state index in [0.29, 0.717) is 5.92 Å². The van der Waals surface area contributed by atoms with Gasteiger partial charge in [-0.05, 0) is 12.3 Å². The Kier molecular flexibility index (Phi) is 3.18. The summed E-state index contributed by atoms with van der Waals surface area (Å²) in [4.78, 5) is 11.3. The molecule has 2 atom stereocenters. The number of amides is 1. The highest BCUT2D eigenvalue weighted by Crippen LogP contribution is 2.37. The van der Waals surface area contributed by atoms with E-state index in [2.05, 4.69) is 5.32 Å². The van der Waals surface area contributed by atoms with Crippen molar-refractivity contribution in [3.05, 3.63) is 10.2 Å². The molecule has 0 saturated heterocycles. The van der Waals surface area contributed by atoms with Gasteiger partial charge in [-0.15, -0.1) is 0 Å². The molecule has 1 rings (SSSR count). The number of rotatable bonds is 2. The van der Waals surface area contributed by atoms with Crippen LogP contribution in [0.5, 0.6) is 0 Å². The molecular weight excluding hydrogens is 211 g/mol. The SMILES string of the molecule is CC1CC1C(=O)NC(C#N)=C(Cl)Cl. The minimum atomic E-state index is -0.204. The van der Waals surface area contributed by atoms with Crippen LogP contribution in [0.15, 0.2) is 10.2 Å². The number of hydrogen-bond donors (Lipinski definition) is 1. The predicted octanol–water partition coefficient (Wildman–Crippen LogP) is 1.93. The number of allylic oxidation sites excluding steroid dienone is 1. The van der Waals surface area contributed by atoms with Crippen molar-refractivity contribution < 1.29 is 4.79 Å². The summed E-state index contributed by atoms with van der Waals surface area (Å²) in [7, 11) is 0. The Morgan fingerprint density at radius 2 is 2.15 bits per heavy atom. The molecule has 1 aliphatic carbocycles. The fourth-order valence-electron chi connectivity index (χ4n) is 1.02. The van der Waals surface area contributed by atoms with Crippen LogP contribution in [0.4, 0.5) is 0 Å². The Labute approximate surface area is 86.3 Å². The van der Waals surface area contributed by atoms with E-state index in [9.17, 15) is 4.79 Å². The van der Waals surface area contributed by atoms with Crippen LogP contribution in [0.25, 0.3) is 0 Å². The van der Waals surface area contributed by atoms with Crippen molar-refractivity contribution in [1.82, 2.24) is 5.32 Å². The summed E-state index contributed by atoms with van der Waals surface area (Å²) in [6, 6.07) is 1.71. The van der Waals surface area contributed by atoms with E-state index in [1.54, 1.807) is 6.07 Å². The molecule has 0 heterocycles. The van der Waals surface area contributed by atoms with Gasteiger partial charge >= 0.3 is 0 Å². The Balaban J connectivity index is 2.54. The largest absolute Gasteiger partial charge is 0.315 e. The standard InChI is InChI=1S/C8H8Cl2N2O/c1-4-2-5(4)8(13)12-6(3-11)7(9)10/h4-5H,2H2,1H3,(H,12,13).